The molecule has 2 amide bonds. The second-order valence-electron chi connectivity index (χ2n) is 8.05. The lowest BCUT2D eigenvalue weighted by atomic mass is 10.1. The highest BCUT2D eigenvalue weighted by molar-refractivity contribution is 7.92. The molecule has 3 aromatic carbocycles. The van der Waals surface area contributed by atoms with Crippen LogP contribution in [0, 0.1) is 13.8 Å². The van der Waals surface area contributed by atoms with Crippen molar-refractivity contribution in [3.8, 4) is 5.75 Å². The quantitative estimate of drug-likeness (QED) is 0.442. The van der Waals surface area contributed by atoms with Gasteiger partial charge in [-0.05, 0) is 81.8 Å². The van der Waals surface area contributed by atoms with Crippen molar-refractivity contribution < 1.29 is 22.7 Å². The van der Waals surface area contributed by atoms with Gasteiger partial charge in [-0.2, -0.15) is 0 Å². The van der Waals surface area contributed by atoms with E-state index in [4.69, 9.17) is 4.74 Å². The van der Waals surface area contributed by atoms with E-state index in [0.29, 0.717) is 22.6 Å². The van der Waals surface area contributed by atoms with Crippen LogP contribution in [0.2, 0.25) is 0 Å². The van der Waals surface area contributed by atoms with Gasteiger partial charge < -0.3 is 4.74 Å². The molecule has 3 rings (SSSR count). The molecule has 0 spiro atoms. The van der Waals surface area contributed by atoms with Crippen molar-refractivity contribution in [3.05, 3.63) is 89.0 Å². The average molecular weight is 482 g/mol. The zero-order chi connectivity index (χ0) is 24.9. The number of aryl methyl sites for hydroxylation is 2. The summed E-state index contributed by atoms with van der Waals surface area (Å²) in [7, 11) is -3.92. The zero-order valence-corrected chi connectivity index (χ0v) is 20.2. The van der Waals surface area contributed by atoms with Gasteiger partial charge in [-0.25, -0.2) is 8.42 Å². The van der Waals surface area contributed by atoms with E-state index in [1.807, 2.05) is 20.8 Å². The van der Waals surface area contributed by atoms with Crippen LogP contribution in [0.4, 0.5) is 5.69 Å². The normalized spacial score (nSPS) is 11.1. The summed E-state index contributed by atoms with van der Waals surface area (Å²) >= 11 is 0. The molecule has 0 fully saturated rings. The first-order chi connectivity index (χ1) is 16.0. The topological polar surface area (TPSA) is 114 Å². The second-order valence-corrected chi connectivity index (χ2v) is 9.73. The maximum Gasteiger partial charge on any atom is 0.270 e. The SMILES string of the molecule is Cc1ccc(NS(=O)(=O)c2ccc(C)c(C(=O)NNC(=O)c3ccc(OC(C)C)cc3)c2)cc1. The smallest absolute Gasteiger partial charge is 0.270 e. The summed E-state index contributed by atoms with van der Waals surface area (Å²) < 4.78 is 33.6. The van der Waals surface area contributed by atoms with E-state index >= 15 is 0 Å². The molecule has 0 aliphatic heterocycles. The van der Waals surface area contributed by atoms with E-state index in [1.54, 1.807) is 55.5 Å². The van der Waals surface area contributed by atoms with Crippen LogP contribution in [-0.4, -0.2) is 26.3 Å². The highest BCUT2D eigenvalue weighted by Gasteiger charge is 2.19. The Labute approximate surface area is 199 Å². The molecule has 8 nitrogen and oxygen atoms in total. The molecule has 3 aromatic rings. The largest absolute Gasteiger partial charge is 0.491 e. The summed E-state index contributed by atoms with van der Waals surface area (Å²) in [5.74, 6) is -0.534. The third kappa shape index (κ3) is 6.35. The monoisotopic (exact) mass is 481 g/mol. The first-order valence-electron chi connectivity index (χ1n) is 10.6. The summed E-state index contributed by atoms with van der Waals surface area (Å²) in [5, 5.41) is 0. The number of hydrogen-bond donors (Lipinski definition) is 3. The van der Waals surface area contributed by atoms with Crippen LogP contribution in [0.25, 0.3) is 0 Å². The van der Waals surface area contributed by atoms with Crippen LogP contribution in [0.15, 0.2) is 71.6 Å². The van der Waals surface area contributed by atoms with Crippen molar-refractivity contribution in [2.45, 2.75) is 38.7 Å². The average Bonchev–Trinajstić information content (AvgIpc) is 2.79. The van der Waals surface area contributed by atoms with Crippen LogP contribution >= 0.6 is 0 Å². The third-order valence-corrected chi connectivity index (χ3v) is 6.22. The number of ether oxygens (including phenoxy) is 1. The number of sulfonamides is 1. The van der Waals surface area contributed by atoms with E-state index in [-0.39, 0.29) is 16.6 Å². The molecule has 0 aliphatic rings. The Morgan fingerprint density at radius 1 is 0.824 bits per heavy atom. The fraction of sp³-hybridized carbons (Fsp3) is 0.200. The van der Waals surface area contributed by atoms with E-state index < -0.39 is 21.8 Å². The van der Waals surface area contributed by atoms with Crippen molar-refractivity contribution in [3.63, 3.8) is 0 Å². The molecule has 0 unspecified atom stereocenters. The molecule has 0 heterocycles. The minimum atomic E-state index is -3.92. The van der Waals surface area contributed by atoms with E-state index in [1.165, 1.54) is 18.2 Å². The third-order valence-electron chi connectivity index (χ3n) is 4.85. The molecule has 178 valence electrons. The van der Waals surface area contributed by atoms with Gasteiger partial charge >= 0.3 is 0 Å². The van der Waals surface area contributed by atoms with Crippen molar-refractivity contribution in [2.75, 3.05) is 4.72 Å². The zero-order valence-electron chi connectivity index (χ0n) is 19.4. The molecule has 3 N–H and O–H groups in total. The van der Waals surface area contributed by atoms with Gasteiger partial charge in [0, 0.05) is 16.8 Å². The molecule has 0 aliphatic carbocycles. The molecule has 0 saturated heterocycles. The minimum Gasteiger partial charge on any atom is -0.491 e. The number of anilines is 1. The Morgan fingerprint density at radius 2 is 1.44 bits per heavy atom. The lowest BCUT2D eigenvalue weighted by Gasteiger charge is -2.13. The Morgan fingerprint density at radius 3 is 2.06 bits per heavy atom. The van der Waals surface area contributed by atoms with Gasteiger partial charge in [0.2, 0.25) is 0 Å². The summed E-state index contributed by atoms with van der Waals surface area (Å²) in [6.07, 6.45) is 0.00822. The first-order valence-corrected chi connectivity index (χ1v) is 12.1. The fourth-order valence-corrected chi connectivity index (χ4v) is 4.14. The number of nitrogens with one attached hydrogen (secondary N) is 3. The van der Waals surface area contributed by atoms with Gasteiger partial charge in [0.15, 0.2) is 0 Å². The van der Waals surface area contributed by atoms with Gasteiger partial charge in [0.05, 0.1) is 11.0 Å². The standard InChI is InChI=1S/C25H27N3O5S/c1-16(2)33-21-12-8-19(9-13-21)24(29)26-27-25(30)23-15-22(14-7-18(23)4)34(31,32)28-20-10-5-17(3)6-11-20/h5-16,28H,1-4H3,(H,26,29)(H,27,30). The Hall–Kier alpha value is -3.85. The van der Waals surface area contributed by atoms with Gasteiger partial charge in [-0.3, -0.25) is 25.2 Å². The Balaban J connectivity index is 1.69. The van der Waals surface area contributed by atoms with Gasteiger partial charge in [-0.15, -0.1) is 0 Å². The highest BCUT2D eigenvalue weighted by atomic mass is 32.2. The lowest BCUT2D eigenvalue weighted by Crippen LogP contribution is -2.41. The maximum absolute atomic E-state index is 12.8. The summed E-state index contributed by atoms with van der Waals surface area (Å²) in [6.45, 7) is 7.38. The maximum atomic E-state index is 12.8. The Bertz CT molecular complexity index is 1290. The highest BCUT2D eigenvalue weighted by Crippen LogP contribution is 2.20. The van der Waals surface area contributed by atoms with Gasteiger partial charge in [0.1, 0.15) is 5.75 Å². The van der Waals surface area contributed by atoms with Crippen LogP contribution in [0.5, 0.6) is 5.75 Å². The molecule has 0 aromatic heterocycles. The van der Waals surface area contributed by atoms with Crippen molar-refractivity contribution in [1.82, 2.24) is 10.9 Å². The Kier molecular flexibility index (Phi) is 7.57. The summed E-state index contributed by atoms with van der Waals surface area (Å²) in [4.78, 5) is 25.0. The van der Waals surface area contributed by atoms with Crippen LogP contribution in [0.3, 0.4) is 0 Å². The number of carbonyl (C=O) groups is 2. The van der Waals surface area contributed by atoms with Crippen molar-refractivity contribution in [1.29, 1.82) is 0 Å². The number of hydrazine groups is 1. The number of benzene rings is 3. The van der Waals surface area contributed by atoms with Gasteiger partial charge in [-0.1, -0.05) is 23.8 Å². The molecular weight excluding hydrogens is 454 g/mol. The summed E-state index contributed by atoms with van der Waals surface area (Å²) in [6, 6.07) is 17.6. The van der Waals surface area contributed by atoms with Crippen molar-refractivity contribution >= 4 is 27.5 Å². The molecular formula is C25H27N3O5S. The first kappa shape index (κ1) is 24.8. The van der Waals surface area contributed by atoms with Crippen LogP contribution < -0.4 is 20.3 Å². The van der Waals surface area contributed by atoms with Crippen molar-refractivity contribution in [2.24, 2.45) is 0 Å². The lowest BCUT2D eigenvalue weighted by molar-refractivity contribution is 0.0846. The molecule has 0 radical (unpaired) electrons. The molecule has 0 saturated carbocycles. The van der Waals surface area contributed by atoms with Crippen LogP contribution in [0.1, 0.15) is 45.7 Å². The van der Waals surface area contributed by atoms with Gasteiger partial charge in [0.25, 0.3) is 21.8 Å². The number of hydrogen-bond acceptors (Lipinski definition) is 5. The fourth-order valence-electron chi connectivity index (χ4n) is 3.06. The number of carbonyl (C=O) groups excluding carboxylic acids is 2. The summed E-state index contributed by atoms with van der Waals surface area (Å²) in [5.41, 5.74) is 7.08. The molecule has 34 heavy (non-hydrogen) atoms. The molecule has 9 heteroatoms. The predicted octanol–water partition coefficient (Wildman–Crippen LogP) is 3.97. The van der Waals surface area contributed by atoms with E-state index in [9.17, 15) is 18.0 Å². The number of rotatable bonds is 7. The predicted molar refractivity (Wildman–Crippen MR) is 130 cm³/mol. The minimum absolute atomic E-state index is 0.00822. The van der Waals surface area contributed by atoms with E-state index in [2.05, 4.69) is 15.6 Å². The second kappa shape index (κ2) is 10.4. The van der Waals surface area contributed by atoms with E-state index in [0.717, 1.165) is 5.56 Å². The molecule has 0 bridgehead atoms. The number of amides is 2. The molecule has 0 atom stereocenters. The van der Waals surface area contributed by atoms with Crippen LogP contribution in [-0.2, 0) is 10.0 Å².